The summed E-state index contributed by atoms with van der Waals surface area (Å²) in [6.07, 6.45) is 0. The maximum absolute atomic E-state index is 13.6. The molecule has 1 heterocycles. The zero-order chi connectivity index (χ0) is 21.0. The van der Waals surface area contributed by atoms with Crippen LogP contribution in [-0.2, 0) is 21.1 Å². The lowest BCUT2D eigenvalue weighted by atomic mass is 10.2. The van der Waals surface area contributed by atoms with E-state index in [0.29, 0.717) is 29.3 Å². The Morgan fingerprint density at radius 3 is 2.55 bits per heavy atom. The molecule has 3 aromatic rings. The van der Waals surface area contributed by atoms with Crippen LogP contribution in [-0.4, -0.2) is 37.9 Å². The van der Waals surface area contributed by atoms with Gasteiger partial charge in [-0.1, -0.05) is 18.3 Å². The van der Waals surface area contributed by atoms with Crippen molar-refractivity contribution in [2.45, 2.75) is 25.3 Å². The predicted molar refractivity (Wildman–Crippen MR) is 110 cm³/mol. The van der Waals surface area contributed by atoms with Crippen LogP contribution in [0.2, 0.25) is 0 Å². The zero-order valence-electron chi connectivity index (χ0n) is 16.1. The van der Waals surface area contributed by atoms with Crippen LogP contribution in [0.25, 0.3) is 10.2 Å². The van der Waals surface area contributed by atoms with Crippen LogP contribution >= 0.6 is 11.3 Å². The van der Waals surface area contributed by atoms with E-state index in [9.17, 15) is 17.6 Å². The number of carbonyl (C=O) groups excluding carboxylic acids is 1. The summed E-state index contributed by atoms with van der Waals surface area (Å²) < 4.78 is 45.3. The summed E-state index contributed by atoms with van der Waals surface area (Å²) in [4.78, 5) is 17.4. The fraction of sp³-hybridized carbons (Fsp3) is 0.300. The number of fused-ring (bicyclic) bond motifs is 1. The molecule has 0 radical (unpaired) electrons. The van der Waals surface area contributed by atoms with Gasteiger partial charge in [0.15, 0.2) is 14.6 Å². The van der Waals surface area contributed by atoms with Crippen molar-refractivity contribution in [3.05, 3.63) is 58.6 Å². The summed E-state index contributed by atoms with van der Waals surface area (Å²) in [6.45, 7) is 4.93. The number of ether oxygens (including phenoxy) is 1. The Kier molecular flexibility index (Phi) is 6.61. The van der Waals surface area contributed by atoms with Gasteiger partial charge in [-0.05, 0) is 49.4 Å². The minimum atomic E-state index is -3.33. The van der Waals surface area contributed by atoms with Gasteiger partial charge in [0.2, 0.25) is 0 Å². The second-order valence-electron chi connectivity index (χ2n) is 6.19. The molecule has 0 spiro atoms. The largest absolute Gasteiger partial charge is 0.380 e. The van der Waals surface area contributed by atoms with Gasteiger partial charge in [0.1, 0.15) is 5.82 Å². The number of hydrogen-bond donors (Lipinski definition) is 0. The second kappa shape index (κ2) is 8.98. The first kappa shape index (κ1) is 21.4. The Labute approximate surface area is 172 Å². The van der Waals surface area contributed by atoms with E-state index in [1.807, 2.05) is 11.5 Å². The van der Waals surface area contributed by atoms with Crippen LogP contribution in [0.3, 0.4) is 0 Å². The normalized spacial score (nSPS) is 12.6. The van der Waals surface area contributed by atoms with Gasteiger partial charge in [-0.15, -0.1) is 0 Å². The van der Waals surface area contributed by atoms with Crippen molar-refractivity contribution >= 4 is 37.3 Å². The van der Waals surface area contributed by atoms with Crippen molar-refractivity contribution in [3.63, 3.8) is 0 Å². The maximum atomic E-state index is 13.6. The summed E-state index contributed by atoms with van der Waals surface area (Å²) in [6, 6.07) is 10.1. The Morgan fingerprint density at radius 2 is 1.90 bits per heavy atom. The summed E-state index contributed by atoms with van der Waals surface area (Å²) >= 11 is 1.21. The Hall–Kier alpha value is -2.36. The van der Waals surface area contributed by atoms with Crippen molar-refractivity contribution in [1.82, 2.24) is 4.57 Å². The van der Waals surface area contributed by atoms with Crippen LogP contribution in [0, 0.1) is 5.82 Å². The van der Waals surface area contributed by atoms with Crippen LogP contribution in [0.15, 0.2) is 52.4 Å². The van der Waals surface area contributed by atoms with E-state index in [1.165, 1.54) is 47.7 Å². The molecular formula is C20H21FN2O4S2. The van der Waals surface area contributed by atoms with E-state index in [-0.39, 0.29) is 22.0 Å². The molecule has 6 nitrogen and oxygen atoms in total. The molecule has 0 aliphatic rings. The molecule has 0 aliphatic carbocycles. The minimum Gasteiger partial charge on any atom is -0.380 e. The molecule has 0 fully saturated rings. The van der Waals surface area contributed by atoms with Gasteiger partial charge in [0.25, 0.3) is 5.91 Å². The minimum absolute atomic E-state index is 0.0111. The topological polar surface area (TPSA) is 77.7 Å². The third-order valence-electron chi connectivity index (χ3n) is 4.35. The van der Waals surface area contributed by atoms with Crippen LogP contribution < -0.4 is 4.80 Å². The van der Waals surface area contributed by atoms with Gasteiger partial charge in [-0.3, -0.25) is 4.79 Å². The van der Waals surface area contributed by atoms with E-state index in [0.717, 1.165) is 5.52 Å². The summed E-state index contributed by atoms with van der Waals surface area (Å²) in [5.74, 6) is -0.869. The second-order valence-corrected chi connectivity index (χ2v) is 9.48. The van der Waals surface area contributed by atoms with Crippen molar-refractivity contribution < 1.29 is 22.3 Å². The molecule has 1 aromatic heterocycles. The number of nitrogens with zero attached hydrogens (tertiary/aromatic N) is 2. The summed E-state index contributed by atoms with van der Waals surface area (Å²) in [5.41, 5.74) is 1.05. The van der Waals surface area contributed by atoms with Crippen LogP contribution in [0.1, 0.15) is 24.2 Å². The number of amides is 1. The molecule has 0 atom stereocenters. The van der Waals surface area contributed by atoms with Crippen molar-refractivity contribution in [2.24, 2.45) is 4.99 Å². The average Bonchev–Trinajstić information content (AvgIpc) is 3.04. The van der Waals surface area contributed by atoms with E-state index < -0.39 is 15.7 Å². The molecule has 0 unspecified atom stereocenters. The lowest BCUT2D eigenvalue weighted by Gasteiger charge is -2.05. The number of aromatic nitrogens is 1. The lowest BCUT2D eigenvalue weighted by Crippen LogP contribution is -2.19. The molecular weight excluding hydrogens is 415 g/mol. The van der Waals surface area contributed by atoms with Crippen LogP contribution in [0.4, 0.5) is 4.39 Å². The molecule has 154 valence electrons. The van der Waals surface area contributed by atoms with E-state index in [1.54, 1.807) is 13.0 Å². The molecule has 0 aliphatic heterocycles. The van der Waals surface area contributed by atoms with E-state index in [2.05, 4.69) is 4.99 Å². The number of sulfone groups is 1. The summed E-state index contributed by atoms with van der Waals surface area (Å²) in [5, 5.41) is 0. The number of benzene rings is 2. The third kappa shape index (κ3) is 4.80. The highest BCUT2D eigenvalue weighted by Crippen LogP contribution is 2.19. The Bertz CT molecular complexity index is 1200. The van der Waals surface area contributed by atoms with E-state index >= 15 is 0 Å². The van der Waals surface area contributed by atoms with Gasteiger partial charge in [0.05, 0.1) is 27.5 Å². The maximum Gasteiger partial charge on any atom is 0.279 e. The first-order valence-corrected chi connectivity index (χ1v) is 11.6. The number of carbonyl (C=O) groups is 1. The van der Waals surface area contributed by atoms with Crippen molar-refractivity contribution in [1.29, 1.82) is 0 Å². The number of rotatable bonds is 7. The smallest absolute Gasteiger partial charge is 0.279 e. The monoisotopic (exact) mass is 436 g/mol. The predicted octanol–water partition coefficient (Wildman–Crippen LogP) is 3.41. The first-order chi connectivity index (χ1) is 13.9. The van der Waals surface area contributed by atoms with E-state index in [4.69, 9.17) is 4.74 Å². The van der Waals surface area contributed by atoms with Gasteiger partial charge in [-0.25, -0.2) is 12.8 Å². The third-order valence-corrected chi connectivity index (χ3v) is 7.14. The molecule has 1 amide bonds. The Balaban J connectivity index is 2.00. The standard InChI is InChI=1S/C20H21FN2O4S2/c1-3-27-12-11-23-17-10-7-15(21)13-18(17)28-20(23)22-19(24)14-5-8-16(9-6-14)29(25,26)4-2/h5-10,13H,3-4,11-12H2,1-2H3. The van der Waals surface area contributed by atoms with Crippen molar-refractivity contribution in [3.8, 4) is 0 Å². The molecule has 29 heavy (non-hydrogen) atoms. The molecule has 2 aromatic carbocycles. The first-order valence-electron chi connectivity index (χ1n) is 9.14. The van der Waals surface area contributed by atoms with Gasteiger partial charge >= 0.3 is 0 Å². The fourth-order valence-corrected chi connectivity index (χ4v) is 4.74. The highest BCUT2D eigenvalue weighted by molar-refractivity contribution is 7.91. The fourth-order valence-electron chi connectivity index (χ4n) is 2.77. The van der Waals surface area contributed by atoms with Crippen LogP contribution in [0.5, 0.6) is 0 Å². The highest BCUT2D eigenvalue weighted by atomic mass is 32.2. The SMILES string of the molecule is CCOCCn1c(=NC(=O)c2ccc(S(=O)(=O)CC)cc2)sc2cc(F)ccc21. The molecule has 0 saturated carbocycles. The molecule has 3 rings (SSSR count). The zero-order valence-corrected chi connectivity index (χ0v) is 17.7. The number of halogens is 1. The number of thiazole rings is 1. The number of hydrogen-bond acceptors (Lipinski definition) is 5. The molecule has 0 bridgehead atoms. The van der Waals surface area contributed by atoms with Gasteiger partial charge < -0.3 is 9.30 Å². The highest BCUT2D eigenvalue weighted by Gasteiger charge is 2.14. The van der Waals surface area contributed by atoms with Crippen molar-refractivity contribution in [2.75, 3.05) is 19.0 Å². The van der Waals surface area contributed by atoms with Gasteiger partial charge in [0, 0.05) is 18.7 Å². The molecule has 9 heteroatoms. The Morgan fingerprint density at radius 1 is 1.17 bits per heavy atom. The molecule has 0 saturated heterocycles. The van der Waals surface area contributed by atoms with Gasteiger partial charge in [-0.2, -0.15) is 4.99 Å². The summed E-state index contributed by atoms with van der Waals surface area (Å²) in [7, 11) is -3.33. The quantitative estimate of drug-likeness (QED) is 0.532. The molecule has 0 N–H and O–H groups in total. The lowest BCUT2D eigenvalue weighted by molar-refractivity contribution is 0.0996. The average molecular weight is 437 g/mol.